The Kier molecular flexibility index (Phi) is 3.03. The number of rotatable bonds is 2. The fraction of sp³-hybridized carbons (Fsp3) is 0.417. The molecule has 1 aliphatic rings. The first kappa shape index (κ1) is 13.7. The second-order valence-corrected chi connectivity index (χ2v) is 4.66. The summed E-state index contributed by atoms with van der Waals surface area (Å²) in [5.74, 6) is 2.46. The number of anilines is 1. The van der Waals surface area contributed by atoms with Gasteiger partial charge in [-0.05, 0) is 5.92 Å². The Balaban J connectivity index is 2.20. The van der Waals surface area contributed by atoms with E-state index in [9.17, 15) is 15.3 Å². The van der Waals surface area contributed by atoms with Gasteiger partial charge < -0.3 is 25.8 Å². The number of aliphatic hydroxyl groups is 3. The molecule has 0 bridgehead atoms. The van der Waals surface area contributed by atoms with Gasteiger partial charge >= 0.3 is 0 Å². The van der Waals surface area contributed by atoms with Gasteiger partial charge in [-0.15, -0.1) is 6.42 Å². The van der Waals surface area contributed by atoms with Crippen LogP contribution in [0.2, 0.25) is 0 Å². The van der Waals surface area contributed by atoms with E-state index in [1.54, 1.807) is 0 Å². The number of nitrogen functional groups attached to an aromatic ring is 1. The Hall–Kier alpha value is -2.25. The first-order chi connectivity index (χ1) is 10.0. The van der Waals surface area contributed by atoms with Gasteiger partial charge in [-0.2, -0.15) is 0 Å². The Morgan fingerprint density at radius 2 is 2.19 bits per heavy atom. The van der Waals surface area contributed by atoms with Crippen molar-refractivity contribution < 1.29 is 20.1 Å². The number of aliphatic hydroxyl groups excluding tert-OH is 3. The summed E-state index contributed by atoms with van der Waals surface area (Å²) in [7, 11) is 0. The lowest BCUT2D eigenvalue weighted by molar-refractivity contribution is -0.103. The van der Waals surface area contributed by atoms with Crippen LogP contribution < -0.4 is 5.73 Å². The molecule has 5 N–H and O–H groups in total. The first-order valence-electron chi connectivity index (χ1n) is 6.11. The highest BCUT2D eigenvalue weighted by Gasteiger charge is 2.55. The molecule has 2 aromatic heterocycles. The van der Waals surface area contributed by atoms with Crippen LogP contribution in [0.4, 0.5) is 5.82 Å². The monoisotopic (exact) mass is 291 g/mol. The third-order valence-electron chi connectivity index (χ3n) is 3.54. The summed E-state index contributed by atoms with van der Waals surface area (Å²) >= 11 is 0. The number of imidazole rings is 1. The van der Waals surface area contributed by atoms with Gasteiger partial charge in [0, 0.05) is 0 Å². The highest BCUT2D eigenvalue weighted by molar-refractivity contribution is 5.81. The summed E-state index contributed by atoms with van der Waals surface area (Å²) in [6.07, 6.45) is 4.20. The van der Waals surface area contributed by atoms with E-state index >= 15 is 0 Å². The molecule has 3 rings (SSSR count). The summed E-state index contributed by atoms with van der Waals surface area (Å²) in [4.78, 5) is 11.9. The van der Waals surface area contributed by atoms with Crippen molar-refractivity contribution in [1.29, 1.82) is 0 Å². The fourth-order valence-electron chi connectivity index (χ4n) is 2.43. The maximum atomic E-state index is 10.3. The van der Waals surface area contributed by atoms with E-state index in [1.807, 2.05) is 0 Å². The number of terminal acetylenes is 1. The van der Waals surface area contributed by atoms with Crippen LogP contribution in [0.1, 0.15) is 0 Å². The topological polar surface area (TPSA) is 140 Å². The zero-order valence-electron chi connectivity index (χ0n) is 10.8. The Bertz CT molecular complexity index is 726. The van der Waals surface area contributed by atoms with Crippen LogP contribution in [0.5, 0.6) is 0 Å². The highest BCUT2D eigenvalue weighted by atomic mass is 16.6. The maximum absolute atomic E-state index is 10.3. The molecule has 0 radical (unpaired) electrons. The van der Waals surface area contributed by atoms with Gasteiger partial charge in [-0.25, -0.2) is 15.0 Å². The number of hydrogen-bond acceptors (Lipinski definition) is 8. The van der Waals surface area contributed by atoms with Crippen LogP contribution in [-0.4, -0.2) is 59.8 Å². The van der Waals surface area contributed by atoms with Gasteiger partial charge in [0.25, 0.3) is 0 Å². The van der Waals surface area contributed by atoms with E-state index in [0.29, 0.717) is 5.52 Å². The number of hydrogen-bond donors (Lipinski definition) is 4. The molecule has 9 heteroatoms. The van der Waals surface area contributed by atoms with Crippen molar-refractivity contribution >= 4 is 17.0 Å². The van der Waals surface area contributed by atoms with Crippen LogP contribution in [0.3, 0.4) is 0 Å². The van der Waals surface area contributed by atoms with Crippen molar-refractivity contribution in [3.8, 4) is 12.3 Å². The van der Waals surface area contributed by atoms with Crippen molar-refractivity contribution in [1.82, 2.24) is 19.5 Å². The average molecular weight is 291 g/mol. The van der Waals surface area contributed by atoms with E-state index in [-0.39, 0.29) is 11.5 Å². The Morgan fingerprint density at radius 1 is 1.43 bits per heavy atom. The third kappa shape index (κ3) is 1.71. The maximum Gasteiger partial charge on any atom is 0.240 e. The second-order valence-electron chi connectivity index (χ2n) is 4.66. The zero-order chi connectivity index (χ0) is 15.2. The van der Waals surface area contributed by atoms with Crippen LogP contribution >= 0.6 is 0 Å². The molecule has 0 aliphatic carbocycles. The zero-order valence-corrected chi connectivity index (χ0v) is 10.8. The van der Waals surface area contributed by atoms with E-state index in [0.717, 1.165) is 0 Å². The summed E-state index contributed by atoms with van der Waals surface area (Å²) in [6.45, 7) is -0.495. The lowest BCUT2D eigenvalue weighted by Crippen LogP contribution is -2.44. The Labute approximate surface area is 119 Å². The quantitative estimate of drug-likeness (QED) is 0.457. The van der Waals surface area contributed by atoms with E-state index in [4.69, 9.17) is 16.9 Å². The third-order valence-corrected chi connectivity index (χ3v) is 3.54. The van der Waals surface area contributed by atoms with Crippen molar-refractivity contribution in [2.75, 3.05) is 12.3 Å². The molecule has 0 aromatic carbocycles. The molecule has 1 saturated heterocycles. The SMILES string of the molecule is C#C[C@]1(n2cnc3c(N)ncnc32)O[C@H](CO)[C@@H](O)[C@H]1O. The van der Waals surface area contributed by atoms with Crippen LogP contribution in [0.25, 0.3) is 11.2 Å². The molecular weight excluding hydrogens is 278 g/mol. The summed E-state index contributed by atoms with van der Waals surface area (Å²) in [5.41, 5.74) is 4.51. The molecule has 0 spiro atoms. The summed E-state index contributed by atoms with van der Waals surface area (Å²) < 4.78 is 6.80. The fourth-order valence-corrected chi connectivity index (χ4v) is 2.43. The summed E-state index contributed by atoms with van der Waals surface area (Å²) in [6, 6.07) is 0. The van der Waals surface area contributed by atoms with Crippen molar-refractivity contribution in [3.05, 3.63) is 12.7 Å². The number of aromatic nitrogens is 4. The highest BCUT2D eigenvalue weighted by Crippen LogP contribution is 2.37. The van der Waals surface area contributed by atoms with Gasteiger partial charge in [-0.3, -0.25) is 4.57 Å². The standard InChI is InChI=1S/C12H13N5O4/c1-2-12(9(20)8(19)6(3-18)21-12)17-5-16-7-10(13)14-4-15-11(7)17/h1,4-6,8-9,18-20H,3H2,(H2,13,14,15)/t6-,8-,9-,12+/m1/s1. The van der Waals surface area contributed by atoms with Crippen LogP contribution in [-0.2, 0) is 10.5 Å². The number of ether oxygens (including phenoxy) is 1. The molecule has 9 nitrogen and oxygen atoms in total. The summed E-state index contributed by atoms with van der Waals surface area (Å²) in [5, 5.41) is 29.4. The predicted molar refractivity (Wildman–Crippen MR) is 70.5 cm³/mol. The molecule has 2 aromatic rings. The second kappa shape index (κ2) is 4.64. The van der Waals surface area contributed by atoms with Gasteiger partial charge in [0.15, 0.2) is 11.5 Å². The molecule has 3 heterocycles. The molecule has 110 valence electrons. The molecule has 0 amide bonds. The van der Waals surface area contributed by atoms with Crippen molar-refractivity contribution in [3.63, 3.8) is 0 Å². The molecule has 1 aliphatic heterocycles. The van der Waals surface area contributed by atoms with Crippen LogP contribution in [0, 0.1) is 12.3 Å². The molecule has 1 fully saturated rings. The van der Waals surface area contributed by atoms with Gasteiger partial charge in [0.1, 0.15) is 36.5 Å². The predicted octanol–water partition coefficient (Wildman–Crippen LogP) is -2.19. The molecule has 0 saturated carbocycles. The van der Waals surface area contributed by atoms with Crippen LogP contribution in [0.15, 0.2) is 12.7 Å². The lowest BCUT2D eigenvalue weighted by atomic mass is 10.0. The molecule has 21 heavy (non-hydrogen) atoms. The largest absolute Gasteiger partial charge is 0.394 e. The number of nitrogens with two attached hydrogens (primary N) is 1. The van der Waals surface area contributed by atoms with Gasteiger partial charge in [0.2, 0.25) is 5.72 Å². The average Bonchev–Trinajstić information content (AvgIpc) is 3.03. The smallest absolute Gasteiger partial charge is 0.240 e. The number of fused-ring (bicyclic) bond motifs is 1. The Morgan fingerprint density at radius 3 is 2.81 bits per heavy atom. The minimum atomic E-state index is -1.73. The van der Waals surface area contributed by atoms with Gasteiger partial charge in [-0.1, -0.05) is 0 Å². The van der Waals surface area contributed by atoms with E-state index in [2.05, 4.69) is 20.9 Å². The van der Waals surface area contributed by atoms with Gasteiger partial charge in [0.05, 0.1) is 6.61 Å². The van der Waals surface area contributed by atoms with E-state index < -0.39 is 30.6 Å². The molecule has 0 unspecified atom stereocenters. The van der Waals surface area contributed by atoms with E-state index in [1.165, 1.54) is 17.2 Å². The number of nitrogens with zero attached hydrogens (tertiary/aromatic N) is 4. The molecular formula is C12H13N5O4. The van der Waals surface area contributed by atoms with Crippen molar-refractivity contribution in [2.24, 2.45) is 0 Å². The normalized spacial score (nSPS) is 32.4. The minimum absolute atomic E-state index is 0.151. The minimum Gasteiger partial charge on any atom is -0.394 e. The first-order valence-corrected chi connectivity index (χ1v) is 6.11. The van der Waals surface area contributed by atoms with Crippen molar-refractivity contribution in [2.45, 2.75) is 24.0 Å². The molecule has 4 atom stereocenters. The lowest BCUT2D eigenvalue weighted by Gasteiger charge is -2.27.